The van der Waals surface area contributed by atoms with Gasteiger partial charge in [-0.1, -0.05) is 40.2 Å². The lowest BCUT2D eigenvalue weighted by molar-refractivity contribution is -0.673. The summed E-state index contributed by atoms with van der Waals surface area (Å²) in [7, 11) is 0. The van der Waals surface area contributed by atoms with Crippen molar-refractivity contribution in [2.24, 2.45) is 4.99 Å². The van der Waals surface area contributed by atoms with Crippen molar-refractivity contribution in [2.45, 2.75) is 13.0 Å². The third kappa shape index (κ3) is 2.08. The Morgan fingerprint density at radius 2 is 1.92 bits per heavy atom. The molecule has 1 aliphatic rings. The molecule has 1 atom stereocenters. The molecule has 0 radical (unpaired) electrons. The second-order valence-electron chi connectivity index (χ2n) is 5.88. The molecule has 7 heteroatoms. The fourth-order valence-corrected chi connectivity index (χ4v) is 3.62. The van der Waals surface area contributed by atoms with Crippen molar-refractivity contribution in [3.8, 4) is 0 Å². The highest BCUT2D eigenvalue weighted by Crippen LogP contribution is 2.33. The Labute approximate surface area is 148 Å². The number of rotatable bonds is 1. The van der Waals surface area contributed by atoms with Crippen LogP contribution in [0.1, 0.15) is 24.2 Å². The minimum atomic E-state index is -0.0339. The van der Waals surface area contributed by atoms with Gasteiger partial charge >= 0.3 is 0 Å². The average molecular weight is 361 g/mol. The third-order valence-corrected chi connectivity index (χ3v) is 4.92. The van der Waals surface area contributed by atoms with Gasteiger partial charge in [-0.25, -0.2) is 0 Å². The Morgan fingerprint density at radius 1 is 1.25 bits per heavy atom. The number of nitrogens with zero attached hydrogens (tertiary/aromatic N) is 3. The molecule has 5 nitrogen and oxygen atoms in total. The molecule has 24 heavy (non-hydrogen) atoms. The zero-order valence-electron chi connectivity index (χ0n) is 12.8. The molecule has 0 aliphatic carbocycles. The summed E-state index contributed by atoms with van der Waals surface area (Å²) in [6.45, 7) is 2.48. The highest BCUT2D eigenvalue weighted by atomic mass is 35.5. The largest absolute Gasteiger partial charge is 0.595 e. The predicted molar refractivity (Wildman–Crippen MR) is 97.0 cm³/mol. The van der Waals surface area contributed by atoms with E-state index in [9.17, 15) is 5.21 Å². The van der Waals surface area contributed by atoms with Crippen molar-refractivity contribution in [3.63, 3.8) is 0 Å². The quantitative estimate of drug-likeness (QED) is 0.409. The summed E-state index contributed by atoms with van der Waals surface area (Å²) in [5, 5.41) is 14.3. The smallest absolute Gasteiger partial charge is 0.252 e. The van der Waals surface area contributed by atoms with Gasteiger partial charge in [0.05, 0.1) is 33.4 Å². The number of para-hydroxylation sites is 1. The molecule has 2 aromatic carbocycles. The van der Waals surface area contributed by atoms with Crippen LogP contribution in [0.4, 0.5) is 5.69 Å². The highest BCUT2D eigenvalue weighted by Gasteiger charge is 2.31. The summed E-state index contributed by atoms with van der Waals surface area (Å²) in [6, 6.07) is 10.9. The van der Waals surface area contributed by atoms with Gasteiger partial charge in [-0.3, -0.25) is 4.99 Å². The van der Waals surface area contributed by atoms with Crippen molar-refractivity contribution < 1.29 is 4.85 Å². The first-order valence-corrected chi connectivity index (χ1v) is 8.27. The summed E-state index contributed by atoms with van der Waals surface area (Å²) in [6.07, 6.45) is 0. The van der Waals surface area contributed by atoms with Gasteiger partial charge in [-0.2, -0.15) is 0 Å². The molecule has 0 spiro atoms. The first kappa shape index (κ1) is 15.3. The zero-order chi connectivity index (χ0) is 17.0. The number of aromatic nitrogens is 2. The molecule has 0 bridgehead atoms. The van der Waals surface area contributed by atoms with E-state index < -0.39 is 0 Å². The predicted octanol–water partition coefficient (Wildman–Crippen LogP) is 3.58. The van der Waals surface area contributed by atoms with Crippen LogP contribution >= 0.6 is 23.2 Å². The topological polar surface area (TPSA) is 70.2 Å². The molecule has 122 valence electrons. The number of halogens is 2. The standard InChI is InChI=1S/C17H14Cl2N4O/c1-9-8-21-16(10-6-12(18)15(20)13(19)7-10)17-11-4-2-3-5-14(11)23(24)22(9)17/h2-7,9H,8,20H2,1H3. The summed E-state index contributed by atoms with van der Waals surface area (Å²) in [4.78, 5) is 5.62. The fourth-order valence-electron chi connectivity index (χ4n) is 3.13. The Bertz CT molecular complexity index is 986. The molecule has 0 saturated carbocycles. The normalized spacial score (nSPS) is 17.0. The molecule has 3 aromatic rings. The number of hydrogen-bond acceptors (Lipinski definition) is 3. The van der Waals surface area contributed by atoms with Crippen LogP contribution in [0.3, 0.4) is 0 Å². The van der Waals surface area contributed by atoms with Crippen LogP contribution in [0.15, 0.2) is 41.4 Å². The van der Waals surface area contributed by atoms with Gasteiger partial charge in [0.25, 0.3) is 5.52 Å². The highest BCUT2D eigenvalue weighted by molar-refractivity contribution is 6.39. The number of nitrogens with two attached hydrogens (primary N) is 1. The molecule has 0 saturated heterocycles. The summed E-state index contributed by atoms with van der Waals surface area (Å²) in [5.74, 6) is 0. The molecule has 0 fully saturated rings. The molecule has 1 aromatic heterocycles. The van der Waals surface area contributed by atoms with Crippen LogP contribution in [0.5, 0.6) is 0 Å². The Kier molecular flexibility index (Phi) is 3.44. The fraction of sp³-hybridized carbons (Fsp3) is 0.176. The number of anilines is 1. The van der Waals surface area contributed by atoms with Crippen molar-refractivity contribution in [2.75, 3.05) is 12.3 Å². The monoisotopic (exact) mass is 360 g/mol. The summed E-state index contributed by atoms with van der Waals surface area (Å²) in [5.41, 5.74) is 9.00. The molecule has 2 N–H and O–H groups in total. The summed E-state index contributed by atoms with van der Waals surface area (Å²) < 4.78 is 1.73. The van der Waals surface area contributed by atoms with Crippen LogP contribution in [0.2, 0.25) is 10.0 Å². The Morgan fingerprint density at radius 3 is 2.62 bits per heavy atom. The number of benzene rings is 2. The van der Waals surface area contributed by atoms with E-state index in [4.69, 9.17) is 28.9 Å². The maximum Gasteiger partial charge on any atom is 0.252 e. The number of hydrogen-bond donors (Lipinski definition) is 1. The van der Waals surface area contributed by atoms with Gasteiger partial charge < -0.3 is 10.9 Å². The minimum Gasteiger partial charge on any atom is -0.595 e. The first-order valence-electron chi connectivity index (χ1n) is 7.51. The van der Waals surface area contributed by atoms with E-state index in [0.29, 0.717) is 33.5 Å². The van der Waals surface area contributed by atoms with Gasteiger partial charge in [0.2, 0.25) is 0 Å². The van der Waals surface area contributed by atoms with E-state index in [2.05, 4.69) is 4.99 Å². The molecular formula is C17H14Cl2N4O. The average Bonchev–Trinajstić information content (AvgIpc) is 2.87. The SMILES string of the molecule is CC1CN=C(c2cc(Cl)c(N)c(Cl)c2)c2c3ccccc3[n+]([O-])n21. The van der Waals surface area contributed by atoms with E-state index in [1.54, 1.807) is 22.9 Å². The Hall–Kier alpha value is -2.24. The second kappa shape index (κ2) is 5.40. The molecule has 0 amide bonds. The number of nitrogen functional groups attached to an aromatic ring is 1. The first-order chi connectivity index (χ1) is 11.5. The van der Waals surface area contributed by atoms with Crippen molar-refractivity contribution >= 4 is 45.5 Å². The minimum absolute atomic E-state index is 0.0339. The van der Waals surface area contributed by atoms with Crippen molar-refractivity contribution in [1.29, 1.82) is 0 Å². The van der Waals surface area contributed by atoms with Gasteiger partial charge in [-0.15, -0.1) is 4.68 Å². The van der Waals surface area contributed by atoms with Crippen molar-refractivity contribution in [1.82, 2.24) is 4.68 Å². The molecule has 1 aliphatic heterocycles. The molecule has 2 heterocycles. The van der Waals surface area contributed by atoms with Crippen LogP contribution in [0, 0.1) is 5.21 Å². The molecule has 1 unspecified atom stereocenters. The van der Waals surface area contributed by atoms with Gasteiger partial charge in [-0.05, 0) is 25.1 Å². The lowest BCUT2D eigenvalue weighted by atomic mass is 10.0. The number of aliphatic imine (C=N–C) groups is 1. The van der Waals surface area contributed by atoms with Gasteiger partial charge in [0, 0.05) is 11.6 Å². The maximum atomic E-state index is 12.7. The van der Waals surface area contributed by atoms with Crippen LogP contribution in [-0.4, -0.2) is 16.9 Å². The zero-order valence-corrected chi connectivity index (χ0v) is 14.3. The molecular weight excluding hydrogens is 347 g/mol. The van der Waals surface area contributed by atoms with Gasteiger partial charge in [0.15, 0.2) is 0 Å². The number of fused-ring (bicyclic) bond motifs is 3. The van der Waals surface area contributed by atoms with E-state index in [-0.39, 0.29) is 6.04 Å². The molecule has 4 rings (SSSR count). The van der Waals surface area contributed by atoms with Gasteiger partial charge in [0.1, 0.15) is 11.7 Å². The lowest BCUT2D eigenvalue weighted by Crippen LogP contribution is -2.43. The van der Waals surface area contributed by atoms with E-state index in [1.165, 1.54) is 0 Å². The third-order valence-electron chi connectivity index (χ3n) is 4.30. The van der Waals surface area contributed by atoms with E-state index in [1.807, 2.05) is 25.1 Å². The second-order valence-corrected chi connectivity index (χ2v) is 6.69. The van der Waals surface area contributed by atoms with E-state index in [0.717, 1.165) is 21.5 Å². The maximum absolute atomic E-state index is 12.7. The van der Waals surface area contributed by atoms with Crippen LogP contribution in [0.25, 0.3) is 10.9 Å². The van der Waals surface area contributed by atoms with Crippen LogP contribution < -0.4 is 10.6 Å². The van der Waals surface area contributed by atoms with Crippen molar-refractivity contribution in [3.05, 3.63) is 62.9 Å². The summed E-state index contributed by atoms with van der Waals surface area (Å²) >= 11 is 12.4. The van der Waals surface area contributed by atoms with E-state index >= 15 is 0 Å². The Balaban J connectivity index is 2.03. The lowest BCUT2D eigenvalue weighted by Gasteiger charge is -2.20. The van der Waals surface area contributed by atoms with Crippen LogP contribution in [-0.2, 0) is 0 Å².